The van der Waals surface area contributed by atoms with Crippen LogP contribution in [0.3, 0.4) is 0 Å². The molecule has 0 atom stereocenters. The van der Waals surface area contributed by atoms with E-state index in [0.29, 0.717) is 19.4 Å². The minimum absolute atomic E-state index is 0.0701. The van der Waals surface area contributed by atoms with Gasteiger partial charge >= 0.3 is 0 Å². The maximum absolute atomic E-state index is 12.0. The summed E-state index contributed by atoms with van der Waals surface area (Å²) in [7, 11) is 1.65. The van der Waals surface area contributed by atoms with Crippen LogP contribution in [0.25, 0.3) is 10.9 Å². The van der Waals surface area contributed by atoms with Gasteiger partial charge in [0.2, 0.25) is 5.91 Å². The van der Waals surface area contributed by atoms with Gasteiger partial charge in [-0.3, -0.25) is 4.79 Å². The Kier molecular flexibility index (Phi) is 5.16. The molecule has 4 heteroatoms. The smallest absolute Gasteiger partial charge is 0.220 e. The molecule has 0 aliphatic carbocycles. The summed E-state index contributed by atoms with van der Waals surface area (Å²) < 4.78 is 5.31. The van der Waals surface area contributed by atoms with E-state index in [-0.39, 0.29) is 5.91 Å². The Morgan fingerprint density at radius 1 is 1.04 bits per heavy atom. The highest BCUT2D eigenvalue weighted by molar-refractivity contribution is 5.83. The maximum atomic E-state index is 12.0. The van der Waals surface area contributed by atoms with Crippen molar-refractivity contribution in [3.63, 3.8) is 0 Å². The Bertz CT molecular complexity index is 823. The number of nitrogens with one attached hydrogen (secondary N) is 2. The third-order valence-electron chi connectivity index (χ3n) is 4.21. The SMILES string of the molecule is COc1ccccc1CCC(=O)NCCc1c[nH]c2ccccc12. The fraction of sp³-hybridized carbons (Fsp3) is 0.250. The number of aromatic amines is 1. The molecule has 3 aromatic rings. The third-order valence-corrected chi connectivity index (χ3v) is 4.21. The van der Waals surface area contributed by atoms with Gasteiger partial charge in [0, 0.05) is 30.1 Å². The molecule has 1 aromatic heterocycles. The lowest BCUT2D eigenvalue weighted by molar-refractivity contribution is -0.121. The molecule has 0 unspecified atom stereocenters. The molecule has 0 saturated heterocycles. The number of hydrogen-bond acceptors (Lipinski definition) is 2. The van der Waals surface area contributed by atoms with E-state index in [1.54, 1.807) is 7.11 Å². The van der Waals surface area contributed by atoms with E-state index in [1.165, 1.54) is 10.9 Å². The second-order valence-corrected chi connectivity index (χ2v) is 5.77. The third kappa shape index (κ3) is 3.77. The molecule has 24 heavy (non-hydrogen) atoms. The van der Waals surface area contributed by atoms with Crippen LogP contribution < -0.4 is 10.1 Å². The summed E-state index contributed by atoms with van der Waals surface area (Å²) in [6, 6.07) is 16.0. The van der Waals surface area contributed by atoms with Gasteiger partial charge in [-0.1, -0.05) is 36.4 Å². The summed E-state index contributed by atoms with van der Waals surface area (Å²) in [5.74, 6) is 0.907. The molecular formula is C20H22N2O2. The molecule has 0 bridgehead atoms. The molecule has 2 aromatic carbocycles. The van der Waals surface area contributed by atoms with E-state index in [1.807, 2.05) is 42.6 Å². The van der Waals surface area contributed by atoms with Crippen molar-refractivity contribution in [2.24, 2.45) is 0 Å². The van der Waals surface area contributed by atoms with Crippen LogP contribution >= 0.6 is 0 Å². The molecular weight excluding hydrogens is 300 g/mol. The van der Waals surface area contributed by atoms with Gasteiger partial charge in [-0.15, -0.1) is 0 Å². The van der Waals surface area contributed by atoms with E-state index in [0.717, 1.165) is 23.3 Å². The van der Waals surface area contributed by atoms with E-state index in [2.05, 4.69) is 22.4 Å². The van der Waals surface area contributed by atoms with Crippen LogP contribution in [0.1, 0.15) is 17.5 Å². The number of hydrogen-bond donors (Lipinski definition) is 2. The lowest BCUT2D eigenvalue weighted by atomic mass is 10.1. The zero-order valence-corrected chi connectivity index (χ0v) is 13.8. The zero-order valence-electron chi connectivity index (χ0n) is 13.8. The van der Waals surface area contributed by atoms with Crippen LogP contribution in [-0.4, -0.2) is 24.5 Å². The van der Waals surface area contributed by atoms with Crippen molar-refractivity contribution in [2.45, 2.75) is 19.3 Å². The standard InChI is InChI=1S/C20H22N2O2/c1-24-19-9-5-2-6-15(19)10-11-20(23)21-13-12-16-14-22-18-8-4-3-7-17(16)18/h2-9,14,22H,10-13H2,1H3,(H,21,23). The number of aromatic nitrogens is 1. The Morgan fingerprint density at radius 2 is 1.83 bits per heavy atom. The van der Waals surface area contributed by atoms with Crippen molar-refractivity contribution >= 4 is 16.8 Å². The van der Waals surface area contributed by atoms with Crippen LogP contribution in [0.2, 0.25) is 0 Å². The number of rotatable bonds is 7. The molecule has 0 spiro atoms. The van der Waals surface area contributed by atoms with Crippen LogP contribution in [0, 0.1) is 0 Å². The summed E-state index contributed by atoms with van der Waals surface area (Å²) in [5.41, 5.74) is 3.43. The van der Waals surface area contributed by atoms with Crippen LogP contribution in [0.4, 0.5) is 0 Å². The highest BCUT2D eigenvalue weighted by atomic mass is 16.5. The van der Waals surface area contributed by atoms with E-state index in [9.17, 15) is 4.79 Å². The van der Waals surface area contributed by atoms with Gasteiger partial charge in [0.15, 0.2) is 0 Å². The lowest BCUT2D eigenvalue weighted by Gasteiger charge is -2.08. The molecule has 3 rings (SSSR count). The number of fused-ring (bicyclic) bond motifs is 1. The highest BCUT2D eigenvalue weighted by Gasteiger charge is 2.07. The van der Waals surface area contributed by atoms with E-state index >= 15 is 0 Å². The predicted molar refractivity (Wildman–Crippen MR) is 96.3 cm³/mol. The van der Waals surface area contributed by atoms with Crippen molar-refractivity contribution in [2.75, 3.05) is 13.7 Å². The Morgan fingerprint density at radius 3 is 2.71 bits per heavy atom. The number of amides is 1. The van der Waals surface area contributed by atoms with Crippen molar-refractivity contribution < 1.29 is 9.53 Å². The number of H-pyrrole nitrogens is 1. The normalized spacial score (nSPS) is 10.7. The summed E-state index contributed by atoms with van der Waals surface area (Å²) >= 11 is 0. The summed E-state index contributed by atoms with van der Waals surface area (Å²) in [4.78, 5) is 15.3. The van der Waals surface area contributed by atoms with Gasteiger partial charge in [0.05, 0.1) is 7.11 Å². The largest absolute Gasteiger partial charge is 0.496 e. The average molecular weight is 322 g/mol. The number of ether oxygens (including phenoxy) is 1. The minimum atomic E-state index is 0.0701. The lowest BCUT2D eigenvalue weighted by Crippen LogP contribution is -2.25. The molecule has 0 radical (unpaired) electrons. The minimum Gasteiger partial charge on any atom is -0.496 e. The monoisotopic (exact) mass is 322 g/mol. The Hall–Kier alpha value is -2.75. The van der Waals surface area contributed by atoms with Gasteiger partial charge in [-0.2, -0.15) is 0 Å². The zero-order chi connectivity index (χ0) is 16.8. The molecule has 124 valence electrons. The highest BCUT2D eigenvalue weighted by Crippen LogP contribution is 2.19. The predicted octanol–water partition coefficient (Wildman–Crippen LogP) is 3.47. The first-order valence-electron chi connectivity index (χ1n) is 8.21. The Labute approximate surface area is 141 Å². The van der Waals surface area contributed by atoms with E-state index in [4.69, 9.17) is 4.74 Å². The fourth-order valence-corrected chi connectivity index (χ4v) is 2.92. The Balaban J connectivity index is 1.47. The van der Waals surface area contributed by atoms with Crippen LogP contribution in [-0.2, 0) is 17.6 Å². The summed E-state index contributed by atoms with van der Waals surface area (Å²) in [6.45, 7) is 0.645. The van der Waals surface area contributed by atoms with Crippen molar-refractivity contribution in [1.82, 2.24) is 10.3 Å². The molecule has 2 N–H and O–H groups in total. The first kappa shape index (κ1) is 16.1. The van der Waals surface area contributed by atoms with Gasteiger partial charge in [0.1, 0.15) is 5.75 Å². The first-order valence-corrected chi connectivity index (χ1v) is 8.21. The molecule has 0 aliphatic heterocycles. The number of para-hydroxylation sites is 2. The second-order valence-electron chi connectivity index (χ2n) is 5.77. The van der Waals surface area contributed by atoms with Crippen LogP contribution in [0.5, 0.6) is 5.75 Å². The van der Waals surface area contributed by atoms with Crippen molar-refractivity contribution in [1.29, 1.82) is 0 Å². The quantitative estimate of drug-likeness (QED) is 0.700. The number of carbonyl (C=O) groups is 1. The second kappa shape index (κ2) is 7.68. The van der Waals surface area contributed by atoms with Gasteiger partial charge in [-0.05, 0) is 36.1 Å². The van der Waals surface area contributed by atoms with Gasteiger partial charge < -0.3 is 15.0 Å². The molecule has 1 amide bonds. The maximum Gasteiger partial charge on any atom is 0.220 e. The molecule has 1 heterocycles. The number of aryl methyl sites for hydroxylation is 1. The molecule has 0 fully saturated rings. The average Bonchev–Trinajstić information content (AvgIpc) is 3.03. The number of carbonyl (C=O) groups excluding carboxylic acids is 1. The summed E-state index contributed by atoms with van der Waals surface area (Å²) in [6.07, 6.45) is 3.99. The molecule has 0 saturated carbocycles. The number of benzene rings is 2. The van der Waals surface area contributed by atoms with Gasteiger partial charge in [0.25, 0.3) is 0 Å². The van der Waals surface area contributed by atoms with Crippen molar-refractivity contribution in [3.05, 3.63) is 65.9 Å². The number of methoxy groups -OCH3 is 1. The topological polar surface area (TPSA) is 54.1 Å². The van der Waals surface area contributed by atoms with Crippen LogP contribution in [0.15, 0.2) is 54.7 Å². The van der Waals surface area contributed by atoms with E-state index < -0.39 is 0 Å². The summed E-state index contributed by atoms with van der Waals surface area (Å²) in [5, 5.41) is 4.22. The molecule has 0 aliphatic rings. The van der Waals surface area contributed by atoms with Crippen molar-refractivity contribution in [3.8, 4) is 5.75 Å². The fourth-order valence-electron chi connectivity index (χ4n) is 2.92. The van der Waals surface area contributed by atoms with Gasteiger partial charge in [-0.25, -0.2) is 0 Å². The first-order chi connectivity index (χ1) is 11.8. The molecule has 4 nitrogen and oxygen atoms in total.